The van der Waals surface area contributed by atoms with Gasteiger partial charge in [0.1, 0.15) is 0 Å². The summed E-state index contributed by atoms with van der Waals surface area (Å²) < 4.78 is 27.1. The number of hydrogen-bond donors (Lipinski definition) is 2. The number of H-pyrrole nitrogens is 1. The summed E-state index contributed by atoms with van der Waals surface area (Å²) in [4.78, 5) is 15.0. The topological polar surface area (TPSA) is 79.0 Å². The van der Waals surface area contributed by atoms with Crippen molar-refractivity contribution in [3.63, 3.8) is 0 Å². The number of fused-ring (bicyclic) bond motifs is 1. The fourth-order valence-electron chi connectivity index (χ4n) is 3.15. The van der Waals surface area contributed by atoms with Gasteiger partial charge in [0.15, 0.2) is 0 Å². The zero-order chi connectivity index (χ0) is 16.6. The van der Waals surface area contributed by atoms with Gasteiger partial charge in [-0.1, -0.05) is 12.8 Å². The third kappa shape index (κ3) is 3.33. The first-order valence-electron chi connectivity index (χ1n) is 7.98. The molecule has 0 unspecified atom stereocenters. The van der Waals surface area contributed by atoms with Crippen LogP contribution < -0.4 is 10.3 Å². The maximum atomic E-state index is 12.3. The lowest BCUT2D eigenvalue weighted by Crippen LogP contribution is -2.33. The first-order chi connectivity index (χ1) is 10.9. The van der Waals surface area contributed by atoms with Crippen molar-refractivity contribution in [2.45, 2.75) is 51.3 Å². The fourth-order valence-corrected chi connectivity index (χ4v) is 4.69. The second-order valence-corrected chi connectivity index (χ2v) is 8.47. The highest BCUT2D eigenvalue weighted by atomic mass is 32.2. The monoisotopic (exact) mass is 334 g/mol. The SMILES string of the molecule is Cc1cc2cc(CNS(=O)(=O)C3CCCC3)c(=O)[nH]c2cc1C. The van der Waals surface area contributed by atoms with Crippen molar-refractivity contribution < 1.29 is 8.42 Å². The van der Waals surface area contributed by atoms with E-state index in [9.17, 15) is 13.2 Å². The van der Waals surface area contributed by atoms with Crippen molar-refractivity contribution in [1.82, 2.24) is 9.71 Å². The molecule has 1 aliphatic rings. The number of aromatic nitrogens is 1. The van der Waals surface area contributed by atoms with Crippen LogP contribution in [0.4, 0.5) is 0 Å². The van der Waals surface area contributed by atoms with Crippen molar-refractivity contribution in [3.8, 4) is 0 Å². The van der Waals surface area contributed by atoms with Gasteiger partial charge in [-0.25, -0.2) is 13.1 Å². The number of hydrogen-bond acceptors (Lipinski definition) is 3. The van der Waals surface area contributed by atoms with E-state index in [2.05, 4.69) is 9.71 Å². The summed E-state index contributed by atoms with van der Waals surface area (Å²) in [6.45, 7) is 4.05. The Kier molecular flexibility index (Phi) is 4.29. The lowest BCUT2D eigenvalue weighted by Gasteiger charge is -2.12. The Hall–Kier alpha value is -1.66. The number of sulfonamides is 1. The van der Waals surface area contributed by atoms with Crippen molar-refractivity contribution in [2.75, 3.05) is 0 Å². The molecule has 1 aromatic carbocycles. The zero-order valence-electron chi connectivity index (χ0n) is 13.5. The number of pyridine rings is 1. The van der Waals surface area contributed by atoms with E-state index in [1.54, 1.807) is 6.07 Å². The molecule has 1 heterocycles. The van der Waals surface area contributed by atoms with E-state index in [1.807, 2.05) is 26.0 Å². The van der Waals surface area contributed by atoms with Crippen molar-refractivity contribution in [3.05, 3.63) is 45.2 Å². The molecule has 1 fully saturated rings. The van der Waals surface area contributed by atoms with Gasteiger partial charge < -0.3 is 4.98 Å². The Bertz CT molecular complexity index is 894. The molecule has 0 atom stereocenters. The number of aryl methyl sites for hydroxylation is 2. The minimum Gasteiger partial charge on any atom is -0.322 e. The van der Waals surface area contributed by atoms with E-state index in [0.29, 0.717) is 18.4 Å². The third-order valence-electron chi connectivity index (χ3n) is 4.74. The molecule has 5 nitrogen and oxygen atoms in total. The summed E-state index contributed by atoms with van der Waals surface area (Å²) in [5.74, 6) is 0. The van der Waals surface area contributed by atoms with Crippen LogP contribution in [0.1, 0.15) is 42.4 Å². The van der Waals surface area contributed by atoms with Gasteiger partial charge in [-0.05, 0) is 61.4 Å². The van der Waals surface area contributed by atoms with Gasteiger partial charge >= 0.3 is 0 Å². The number of benzene rings is 1. The minimum absolute atomic E-state index is 0.0387. The Balaban J connectivity index is 1.87. The Morgan fingerprint density at radius 1 is 1.13 bits per heavy atom. The first-order valence-corrected chi connectivity index (χ1v) is 9.53. The molecule has 2 aromatic rings. The molecular weight excluding hydrogens is 312 g/mol. The van der Waals surface area contributed by atoms with E-state index < -0.39 is 10.0 Å². The quantitative estimate of drug-likeness (QED) is 0.901. The van der Waals surface area contributed by atoms with Gasteiger partial charge in [0.05, 0.1) is 5.25 Å². The molecule has 0 amide bonds. The minimum atomic E-state index is -3.35. The Morgan fingerprint density at radius 2 is 1.78 bits per heavy atom. The summed E-state index contributed by atoms with van der Waals surface area (Å²) in [6, 6.07) is 5.73. The van der Waals surface area contributed by atoms with Gasteiger partial charge in [0.2, 0.25) is 10.0 Å². The van der Waals surface area contributed by atoms with Crippen LogP contribution in [0, 0.1) is 13.8 Å². The number of nitrogens with one attached hydrogen (secondary N) is 2. The summed E-state index contributed by atoms with van der Waals surface area (Å²) in [5.41, 5.74) is 3.24. The molecule has 0 bridgehead atoms. The van der Waals surface area contributed by atoms with Gasteiger partial charge in [-0.15, -0.1) is 0 Å². The molecule has 0 spiro atoms. The van der Waals surface area contributed by atoms with Gasteiger partial charge in [-0.3, -0.25) is 4.79 Å². The molecular formula is C17H22N2O3S. The lowest BCUT2D eigenvalue weighted by molar-refractivity contribution is 0.564. The molecule has 6 heteroatoms. The molecule has 124 valence electrons. The van der Waals surface area contributed by atoms with Crippen LogP contribution in [-0.2, 0) is 16.6 Å². The largest absolute Gasteiger partial charge is 0.322 e. The van der Waals surface area contributed by atoms with E-state index in [4.69, 9.17) is 0 Å². The molecule has 23 heavy (non-hydrogen) atoms. The van der Waals surface area contributed by atoms with E-state index in [1.165, 1.54) is 0 Å². The molecule has 1 aliphatic carbocycles. The van der Waals surface area contributed by atoms with E-state index in [0.717, 1.165) is 34.9 Å². The van der Waals surface area contributed by atoms with Crippen LogP contribution in [0.3, 0.4) is 0 Å². The third-order valence-corrected chi connectivity index (χ3v) is 6.64. The average Bonchev–Trinajstić information content (AvgIpc) is 3.02. The normalized spacial score (nSPS) is 16.3. The molecule has 0 radical (unpaired) electrons. The second kappa shape index (κ2) is 6.09. The summed E-state index contributed by atoms with van der Waals surface area (Å²) in [5, 5.41) is 0.606. The molecule has 2 N–H and O–H groups in total. The number of aromatic amines is 1. The van der Waals surface area contributed by atoms with Crippen molar-refractivity contribution in [1.29, 1.82) is 0 Å². The summed E-state index contributed by atoms with van der Waals surface area (Å²) in [6.07, 6.45) is 3.34. The molecule has 0 aliphatic heterocycles. The van der Waals surface area contributed by atoms with Crippen LogP contribution in [0.25, 0.3) is 10.9 Å². The highest BCUT2D eigenvalue weighted by Crippen LogP contribution is 2.24. The Morgan fingerprint density at radius 3 is 2.48 bits per heavy atom. The Labute approximate surface area is 136 Å². The fraction of sp³-hybridized carbons (Fsp3) is 0.471. The highest BCUT2D eigenvalue weighted by Gasteiger charge is 2.28. The smallest absolute Gasteiger partial charge is 0.252 e. The van der Waals surface area contributed by atoms with Crippen molar-refractivity contribution in [2.24, 2.45) is 0 Å². The van der Waals surface area contributed by atoms with Gasteiger partial charge in [0.25, 0.3) is 5.56 Å². The van der Waals surface area contributed by atoms with Crippen LogP contribution >= 0.6 is 0 Å². The molecule has 0 saturated heterocycles. The average molecular weight is 334 g/mol. The van der Waals surface area contributed by atoms with Gasteiger partial charge in [-0.2, -0.15) is 0 Å². The zero-order valence-corrected chi connectivity index (χ0v) is 14.3. The van der Waals surface area contributed by atoms with Crippen LogP contribution in [-0.4, -0.2) is 18.7 Å². The maximum Gasteiger partial charge on any atom is 0.252 e. The first kappa shape index (κ1) is 16.2. The van der Waals surface area contributed by atoms with Crippen molar-refractivity contribution >= 4 is 20.9 Å². The standard InChI is InChI=1S/C17H22N2O3S/c1-11-7-13-9-14(17(20)19-16(13)8-12(11)2)10-18-23(21,22)15-5-3-4-6-15/h7-9,15,18H,3-6,10H2,1-2H3,(H,19,20). The summed E-state index contributed by atoms with van der Waals surface area (Å²) in [7, 11) is -3.35. The highest BCUT2D eigenvalue weighted by molar-refractivity contribution is 7.90. The van der Waals surface area contributed by atoms with Crippen LogP contribution in [0.15, 0.2) is 23.0 Å². The molecule has 3 rings (SSSR count). The summed E-state index contributed by atoms with van der Waals surface area (Å²) >= 11 is 0. The predicted molar refractivity (Wildman–Crippen MR) is 92.1 cm³/mol. The van der Waals surface area contributed by atoms with E-state index >= 15 is 0 Å². The van der Waals surface area contributed by atoms with Gasteiger partial charge in [0, 0.05) is 17.6 Å². The lowest BCUT2D eigenvalue weighted by atomic mass is 10.1. The molecule has 1 aromatic heterocycles. The van der Waals surface area contributed by atoms with Crippen LogP contribution in [0.2, 0.25) is 0 Å². The number of rotatable bonds is 4. The maximum absolute atomic E-state index is 12.3. The second-order valence-electron chi connectivity index (χ2n) is 6.42. The predicted octanol–water partition coefficient (Wildman–Crippen LogP) is 2.51. The van der Waals surface area contributed by atoms with E-state index in [-0.39, 0.29) is 17.4 Å². The van der Waals surface area contributed by atoms with Crippen LogP contribution in [0.5, 0.6) is 0 Å². The molecule has 1 saturated carbocycles.